The Balaban J connectivity index is 2.26. The van der Waals surface area contributed by atoms with Crippen LogP contribution in [0, 0.1) is 13.8 Å². The first kappa shape index (κ1) is 30.9. The van der Waals surface area contributed by atoms with Crippen molar-refractivity contribution in [1.29, 1.82) is 0 Å². The van der Waals surface area contributed by atoms with Crippen LogP contribution in [0.25, 0.3) is 0 Å². The van der Waals surface area contributed by atoms with E-state index in [0.29, 0.717) is 35.1 Å². The number of amides is 2. The lowest BCUT2D eigenvalue weighted by molar-refractivity contribution is -0.141. The summed E-state index contributed by atoms with van der Waals surface area (Å²) in [6.45, 7) is 8.48. The lowest BCUT2D eigenvalue weighted by Gasteiger charge is -2.31. The molecule has 2 aromatic rings. The first-order valence-corrected chi connectivity index (χ1v) is 15.1. The van der Waals surface area contributed by atoms with Crippen molar-refractivity contribution in [3.8, 4) is 0 Å². The van der Waals surface area contributed by atoms with E-state index < -0.39 is 16.1 Å². The molecule has 2 amide bonds. The Morgan fingerprint density at radius 1 is 1.05 bits per heavy atom. The molecule has 1 unspecified atom stereocenters. The highest BCUT2D eigenvalue weighted by Crippen LogP contribution is 2.26. The van der Waals surface area contributed by atoms with Gasteiger partial charge in [0.2, 0.25) is 21.8 Å². The summed E-state index contributed by atoms with van der Waals surface area (Å²) in [5, 5.41) is 3.66. The average molecular weight is 571 g/mol. The van der Waals surface area contributed by atoms with Gasteiger partial charge < -0.3 is 10.2 Å². The lowest BCUT2D eigenvalue weighted by atomic mass is 10.1. The van der Waals surface area contributed by atoms with Gasteiger partial charge in [-0.2, -0.15) is 0 Å². The maximum absolute atomic E-state index is 13.5. The summed E-state index contributed by atoms with van der Waals surface area (Å²) >= 11 is 12.2. The van der Waals surface area contributed by atoms with E-state index in [1.54, 1.807) is 29.2 Å². The van der Waals surface area contributed by atoms with Gasteiger partial charge in [-0.25, -0.2) is 8.42 Å². The largest absolute Gasteiger partial charge is 0.354 e. The van der Waals surface area contributed by atoms with Crippen LogP contribution in [-0.4, -0.2) is 50.5 Å². The summed E-state index contributed by atoms with van der Waals surface area (Å²) in [5.41, 5.74) is 3.21. The number of rotatable bonds is 13. The molecule has 0 fully saturated rings. The highest BCUT2D eigenvalue weighted by molar-refractivity contribution is 7.92. The van der Waals surface area contributed by atoms with Gasteiger partial charge in [0.05, 0.1) is 22.0 Å². The second-order valence-corrected chi connectivity index (χ2v) is 11.9. The quantitative estimate of drug-likeness (QED) is 0.345. The maximum atomic E-state index is 13.5. The van der Waals surface area contributed by atoms with Gasteiger partial charge in [-0.3, -0.25) is 13.9 Å². The number of sulfonamides is 1. The minimum atomic E-state index is -3.56. The second kappa shape index (κ2) is 14.0. The molecule has 1 atom stereocenters. The summed E-state index contributed by atoms with van der Waals surface area (Å²) in [5.74, 6) is -0.454. The number of nitrogens with one attached hydrogen (secondary N) is 1. The van der Waals surface area contributed by atoms with Crippen LogP contribution in [0.5, 0.6) is 0 Å². The number of carbonyl (C=O) groups excluding carboxylic acids is 2. The van der Waals surface area contributed by atoms with Crippen LogP contribution >= 0.6 is 23.2 Å². The van der Waals surface area contributed by atoms with Gasteiger partial charge in [0.25, 0.3) is 0 Å². The van der Waals surface area contributed by atoms with Gasteiger partial charge in [-0.05, 0) is 68.0 Å². The molecular weight excluding hydrogens is 533 g/mol. The normalized spacial score (nSPS) is 12.2. The summed E-state index contributed by atoms with van der Waals surface area (Å²) in [7, 11) is -3.56. The molecule has 0 aromatic heterocycles. The molecule has 0 saturated carbocycles. The molecule has 0 aliphatic rings. The molecule has 0 spiro atoms. The van der Waals surface area contributed by atoms with Crippen molar-refractivity contribution in [3.63, 3.8) is 0 Å². The Hall–Kier alpha value is -2.29. The molecule has 0 bridgehead atoms. The Kier molecular flexibility index (Phi) is 11.7. The van der Waals surface area contributed by atoms with Crippen LogP contribution in [-0.2, 0) is 26.2 Å². The summed E-state index contributed by atoms with van der Waals surface area (Å²) in [4.78, 5) is 28.0. The van der Waals surface area contributed by atoms with Crippen LogP contribution in [0.1, 0.15) is 56.2 Å². The van der Waals surface area contributed by atoms with Crippen LogP contribution in [0.15, 0.2) is 36.4 Å². The molecule has 0 heterocycles. The fourth-order valence-electron chi connectivity index (χ4n) is 4.11. The SMILES string of the molecule is CCCNC(=O)C(CC)N(Cc1ccc(Cl)c(Cl)c1)C(=O)CCCN(c1cccc(C)c1C)S(C)(=O)=O. The highest BCUT2D eigenvalue weighted by Gasteiger charge is 2.29. The third-order valence-corrected chi connectivity index (χ3v) is 8.19. The summed E-state index contributed by atoms with van der Waals surface area (Å²) in [6, 6.07) is 9.97. The average Bonchev–Trinajstić information content (AvgIpc) is 2.83. The zero-order valence-electron chi connectivity index (χ0n) is 22.2. The van der Waals surface area contributed by atoms with E-state index >= 15 is 0 Å². The van der Waals surface area contributed by atoms with Crippen molar-refractivity contribution in [2.24, 2.45) is 0 Å². The first-order valence-electron chi connectivity index (χ1n) is 12.5. The van der Waals surface area contributed by atoms with Crippen molar-refractivity contribution in [1.82, 2.24) is 10.2 Å². The Labute approximate surface area is 231 Å². The van der Waals surface area contributed by atoms with Gasteiger partial charge >= 0.3 is 0 Å². The monoisotopic (exact) mass is 569 g/mol. The second-order valence-electron chi connectivity index (χ2n) is 9.14. The molecular formula is C27H37Cl2N3O4S. The van der Waals surface area contributed by atoms with E-state index in [9.17, 15) is 18.0 Å². The highest BCUT2D eigenvalue weighted by atomic mass is 35.5. The van der Waals surface area contributed by atoms with E-state index in [-0.39, 0.29) is 31.3 Å². The topological polar surface area (TPSA) is 86.8 Å². The van der Waals surface area contributed by atoms with E-state index in [0.717, 1.165) is 23.1 Å². The van der Waals surface area contributed by atoms with Crippen LogP contribution in [0.2, 0.25) is 10.0 Å². The molecule has 0 radical (unpaired) electrons. The number of nitrogens with zero attached hydrogens (tertiary/aromatic N) is 2. The van der Waals surface area contributed by atoms with Crippen LogP contribution in [0.3, 0.4) is 0 Å². The molecule has 7 nitrogen and oxygen atoms in total. The third-order valence-electron chi connectivity index (χ3n) is 6.27. The Morgan fingerprint density at radius 3 is 2.35 bits per heavy atom. The molecule has 0 aliphatic heterocycles. The molecule has 10 heteroatoms. The van der Waals surface area contributed by atoms with Crippen LogP contribution < -0.4 is 9.62 Å². The summed E-state index contributed by atoms with van der Waals surface area (Å²) < 4.78 is 26.6. The number of hydrogen-bond acceptors (Lipinski definition) is 4. The van der Waals surface area contributed by atoms with Crippen molar-refractivity contribution in [3.05, 3.63) is 63.1 Å². The van der Waals surface area contributed by atoms with E-state index in [1.807, 2.05) is 39.8 Å². The number of halogens is 2. The summed E-state index contributed by atoms with van der Waals surface area (Å²) in [6.07, 6.45) is 2.75. The maximum Gasteiger partial charge on any atom is 0.242 e. The van der Waals surface area contributed by atoms with Crippen molar-refractivity contribution in [2.75, 3.05) is 23.7 Å². The lowest BCUT2D eigenvalue weighted by Crippen LogP contribution is -2.49. The number of hydrogen-bond donors (Lipinski definition) is 1. The number of benzene rings is 2. The minimum Gasteiger partial charge on any atom is -0.354 e. The molecule has 0 saturated heterocycles. The van der Waals surface area contributed by atoms with Crippen molar-refractivity contribution in [2.45, 2.75) is 66.0 Å². The van der Waals surface area contributed by atoms with Crippen molar-refractivity contribution < 1.29 is 18.0 Å². The van der Waals surface area contributed by atoms with Crippen LogP contribution in [0.4, 0.5) is 5.69 Å². The van der Waals surface area contributed by atoms with E-state index in [1.165, 1.54) is 10.6 Å². The third kappa shape index (κ3) is 8.62. The fourth-order valence-corrected chi connectivity index (χ4v) is 5.44. The number of aryl methyl sites for hydroxylation is 1. The van der Waals surface area contributed by atoms with E-state index in [2.05, 4.69) is 5.32 Å². The Bertz CT molecular complexity index is 1200. The van der Waals surface area contributed by atoms with Gasteiger partial charge in [0.1, 0.15) is 6.04 Å². The van der Waals surface area contributed by atoms with Crippen molar-refractivity contribution >= 4 is 50.7 Å². The van der Waals surface area contributed by atoms with Gasteiger partial charge in [0.15, 0.2) is 0 Å². The standard InChI is InChI=1S/C27H37Cl2N3O4S/c1-6-15-30-27(34)24(7-2)31(18-21-13-14-22(28)23(29)17-21)26(33)12-9-16-32(37(5,35)36)25-11-8-10-19(3)20(25)4/h8,10-11,13-14,17,24H,6-7,9,12,15-16,18H2,1-5H3,(H,30,34). The molecule has 2 rings (SSSR count). The van der Waals surface area contributed by atoms with E-state index in [4.69, 9.17) is 23.2 Å². The molecule has 204 valence electrons. The number of anilines is 1. The molecule has 2 aromatic carbocycles. The van der Waals surface area contributed by atoms with Gasteiger partial charge in [0, 0.05) is 26.1 Å². The zero-order chi connectivity index (χ0) is 27.8. The fraction of sp³-hybridized carbons (Fsp3) is 0.481. The molecule has 37 heavy (non-hydrogen) atoms. The van der Waals surface area contributed by atoms with Gasteiger partial charge in [-0.1, -0.05) is 55.2 Å². The van der Waals surface area contributed by atoms with Gasteiger partial charge in [-0.15, -0.1) is 0 Å². The Morgan fingerprint density at radius 2 is 1.76 bits per heavy atom. The first-order chi connectivity index (χ1) is 17.4. The molecule has 0 aliphatic carbocycles. The zero-order valence-corrected chi connectivity index (χ0v) is 24.5. The minimum absolute atomic E-state index is 0.0791. The molecule has 1 N–H and O–H groups in total. The number of carbonyl (C=O) groups is 2. The predicted molar refractivity (Wildman–Crippen MR) is 152 cm³/mol. The predicted octanol–water partition coefficient (Wildman–Crippen LogP) is 5.49. The smallest absolute Gasteiger partial charge is 0.242 e.